The van der Waals surface area contributed by atoms with Crippen molar-refractivity contribution in [1.29, 1.82) is 0 Å². The van der Waals surface area contributed by atoms with Crippen molar-refractivity contribution in [3.05, 3.63) is 54.1 Å². The minimum Gasteiger partial charge on any atom is -0.494 e. The molecular weight excluding hydrogens is 358 g/mol. The smallest absolute Gasteiger partial charge is 0.119 e. The SMILES string of the molecule is CCCCCCCOc1ccc(-c2ccc(COC3CCN(C)CC3)cc2)cc1. The molecule has 0 atom stereocenters. The van der Waals surface area contributed by atoms with Gasteiger partial charge in [-0.05, 0) is 55.1 Å². The highest BCUT2D eigenvalue weighted by Crippen LogP contribution is 2.24. The average Bonchev–Trinajstić information content (AvgIpc) is 2.77. The highest BCUT2D eigenvalue weighted by atomic mass is 16.5. The van der Waals surface area contributed by atoms with Crippen LogP contribution in [0.25, 0.3) is 11.1 Å². The molecule has 2 aromatic carbocycles. The summed E-state index contributed by atoms with van der Waals surface area (Å²) in [7, 11) is 2.18. The Morgan fingerprint density at radius 1 is 0.828 bits per heavy atom. The van der Waals surface area contributed by atoms with Crippen molar-refractivity contribution in [3.8, 4) is 16.9 Å². The van der Waals surface area contributed by atoms with Crippen molar-refractivity contribution in [1.82, 2.24) is 4.90 Å². The second kappa shape index (κ2) is 12.0. The number of nitrogens with zero attached hydrogens (tertiary/aromatic N) is 1. The molecule has 0 unspecified atom stereocenters. The van der Waals surface area contributed by atoms with Crippen LogP contribution in [-0.4, -0.2) is 37.7 Å². The van der Waals surface area contributed by atoms with Crippen molar-refractivity contribution < 1.29 is 9.47 Å². The third-order valence-electron chi connectivity index (χ3n) is 5.81. The van der Waals surface area contributed by atoms with Gasteiger partial charge in [-0.3, -0.25) is 0 Å². The molecule has 158 valence electrons. The van der Waals surface area contributed by atoms with Gasteiger partial charge in [0, 0.05) is 13.1 Å². The maximum absolute atomic E-state index is 6.10. The summed E-state index contributed by atoms with van der Waals surface area (Å²) in [5.41, 5.74) is 3.71. The van der Waals surface area contributed by atoms with E-state index in [0.29, 0.717) is 12.7 Å². The second-order valence-corrected chi connectivity index (χ2v) is 8.30. The van der Waals surface area contributed by atoms with Crippen molar-refractivity contribution >= 4 is 0 Å². The Labute approximate surface area is 177 Å². The molecule has 3 nitrogen and oxygen atoms in total. The molecule has 2 aromatic rings. The van der Waals surface area contributed by atoms with Crippen LogP contribution in [0.15, 0.2) is 48.5 Å². The van der Waals surface area contributed by atoms with E-state index in [-0.39, 0.29) is 0 Å². The lowest BCUT2D eigenvalue weighted by Crippen LogP contribution is -2.34. The quantitative estimate of drug-likeness (QED) is 0.416. The fourth-order valence-corrected chi connectivity index (χ4v) is 3.80. The number of hydrogen-bond acceptors (Lipinski definition) is 3. The van der Waals surface area contributed by atoms with E-state index in [9.17, 15) is 0 Å². The van der Waals surface area contributed by atoms with Crippen LogP contribution >= 0.6 is 0 Å². The highest BCUT2D eigenvalue weighted by molar-refractivity contribution is 5.64. The van der Waals surface area contributed by atoms with Crippen LogP contribution in [0, 0.1) is 0 Å². The van der Waals surface area contributed by atoms with E-state index in [4.69, 9.17) is 9.47 Å². The molecule has 0 saturated carbocycles. The normalized spacial score (nSPS) is 15.5. The Hall–Kier alpha value is -1.84. The molecule has 0 spiro atoms. The molecule has 0 aliphatic carbocycles. The van der Waals surface area contributed by atoms with Crippen LogP contribution in [0.4, 0.5) is 0 Å². The van der Waals surface area contributed by atoms with E-state index in [1.54, 1.807) is 0 Å². The minimum atomic E-state index is 0.407. The van der Waals surface area contributed by atoms with Crippen LogP contribution in [0.5, 0.6) is 5.75 Å². The summed E-state index contributed by atoms with van der Waals surface area (Å²) in [6.07, 6.45) is 9.03. The summed E-state index contributed by atoms with van der Waals surface area (Å²) in [6.45, 7) is 6.05. The molecule has 1 saturated heterocycles. The van der Waals surface area contributed by atoms with Gasteiger partial charge in [0.25, 0.3) is 0 Å². The predicted octanol–water partition coefficient (Wildman–Crippen LogP) is 6.31. The molecule has 1 heterocycles. The summed E-state index contributed by atoms with van der Waals surface area (Å²) >= 11 is 0. The zero-order valence-electron chi connectivity index (χ0n) is 18.2. The summed E-state index contributed by atoms with van der Waals surface area (Å²) in [4.78, 5) is 2.37. The maximum atomic E-state index is 6.10. The first-order chi connectivity index (χ1) is 14.2. The Morgan fingerprint density at radius 2 is 1.45 bits per heavy atom. The van der Waals surface area contributed by atoms with E-state index in [2.05, 4.69) is 67.4 Å². The lowest BCUT2D eigenvalue weighted by molar-refractivity contribution is 0.00214. The number of benzene rings is 2. The van der Waals surface area contributed by atoms with Gasteiger partial charge in [0.05, 0.1) is 19.3 Å². The van der Waals surface area contributed by atoms with Gasteiger partial charge in [-0.15, -0.1) is 0 Å². The van der Waals surface area contributed by atoms with Gasteiger partial charge in [0.2, 0.25) is 0 Å². The van der Waals surface area contributed by atoms with Crippen LogP contribution in [-0.2, 0) is 11.3 Å². The monoisotopic (exact) mass is 395 g/mol. The first-order valence-electron chi connectivity index (χ1n) is 11.4. The topological polar surface area (TPSA) is 21.7 Å². The van der Waals surface area contributed by atoms with Gasteiger partial charge in [-0.25, -0.2) is 0 Å². The molecule has 1 aliphatic heterocycles. The molecule has 0 N–H and O–H groups in total. The molecular formula is C26H37NO2. The van der Waals surface area contributed by atoms with Crippen LogP contribution in [0.2, 0.25) is 0 Å². The Morgan fingerprint density at radius 3 is 2.10 bits per heavy atom. The standard InChI is InChI=1S/C26H37NO2/c1-3-4-5-6-7-20-28-25-14-12-24(13-15-25)23-10-8-22(9-11-23)21-29-26-16-18-27(2)19-17-26/h8-15,26H,3-7,16-21H2,1-2H3. The lowest BCUT2D eigenvalue weighted by atomic mass is 10.0. The van der Waals surface area contributed by atoms with Gasteiger partial charge in [0.15, 0.2) is 0 Å². The molecule has 1 aliphatic rings. The highest BCUT2D eigenvalue weighted by Gasteiger charge is 2.16. The zero-order chi connectivity index (χ0) is 20.3. The number of hydrogen-bond donors (Lipinski definition) is 0. The number of rotatable bonds is 11. The first kappa shape index (κ1) is 21.9. The molecule has 0 bridgehead atoms. The average molecular weight is 396 g/mol. The van der Waals surface area contributed by atoms with E-state index >= 15 is 0 Å². The number of piperidine rings is 1. The number of ether oxygens (including phenoxy) is 2. The molecule has 1 fully saturated rings. The van der Waals surface area contributed by atoms with Crippen molar-refractivity contribution in [2.45, 2.75) is 64.6 Å². The van der Waals surface area contributed by atoms with Crippen molar-refractivity contribution in [2.24, 2.45) is 0 Å². The lowest BCUT2D eigenvalue weighted by Gasteiger charge is -2.28. The van der Waals surface area contributed by atoms with E-state index in [0.717, 1.165) is 44.7 Å². The second-order valence-electron chi connectivity index (χ2n) is 8.30. The third-order valence-corrected chi connectivity index (χ3v) is 5.81. The fraction of sp³-hybridized carbons (Fsp3) is 0.538. The van der Waals surface area contributed by atoms with E-state index in [1.165, 1.54) is 42.4 Å². The van der Waals surface area contributed by atoms with Crippen LogP contribution in [0.3, 0.4) is 0 Å². The molecule has 29 heavy (non-hydrogen) atoms. The Balaban J connectivity index is 1.42. The van der Waals surface area contributed by atoms with Gasteiger partial charge in [-0.2, -0.15) is 0 Å². The Kier molecular flexibility index (Phi) is 9.04. The molecule has 0 radical (unpaired) electrons. The van der Waals surface area contributed by atoms with Crippen molar-refractivity contribution in [2.75, 3.05) is 26.7 Å². The van der Waals surface area contributed by atoms with Gasteiger partial charge < -0.3 is 14.4 Å². The number of likely N-dealkylation sites (tertiary alicyclic amines) is 1. The fourth-order valence-electron chi connectivity index (χ4n) is 3.80. The van der Waals surface area contributed by atoms with E-state index in [1.807, 2.05) is 0 Å². The van der Waals surface area contributed by atoms with Gasteiger partial charge >= 0.3 is 0 Å². The minimum absolute atomic E-state index is 0.407. The van der Waals surface area contributed by atoms with E-state index < -0.39 is 0 Å². The van der Waals surface area contributed by atoms with Gasteiger partial charge in [-0.1, -0.05) is 69.0 Å². The molecule has 3 heteroatoms. The summed E-state index contributed by atoms with van der Waals surface area (Å²) in [6, 6.07) is 17.2. The van der Waals surface area contributed by atoms with Gasteiger partial charge in [0.1, 0.15) is 5.75 Å². The Bertz CT molecular complexity index is 688. The maximum Gasteiger partial charge on any atom is 0.119 e. The summed E-state index contributed by atoms with van der Waals surface area (Å²) < 4.78 is 12.0. The molecule has 0 amide bonds. The third kappa shape index (κ3) is 7.49. The number of unbranched alkanes of at least 4 members (excludes halogenated alkanes) is 4. The van der Waals surface area contributed by atoms with Crippen LogP contribution in [0.1, 0.15) is 57.4 Å². The summed E-state index contributed by atoms with van der Waals surface area (Å²) in [5, 5.41) is 0. The molecule has 0 aromatic heterocycles. The largest absolute Gasteiger partial charge is 0.494 e. The first-order valence-corrected chi connectivity index (χ1v) is 11.4. The van der Waals surface area contributed by atoms with Crippen molar-refractivity contribution in [3.63, 3.8) is 0 Å². The molecule has 3 rings (SSSR count). The zero-order valence-corrected chi connectivity index (χ0v) is 18.2. The summed E-state index contributed by atoms with van der Waals surface area (Å²) in [5.74, 6) is 0.965. The predicted molar refractivity (Wildman–Crippen MR) is 121 cm³/mol. The van der Waals surface area contributed by atoms with Crippen LogP contribution < -0.4 is 4.74 Å².